The molecule has 2 aliphatic rings. The Balaban J connectivity index is 1.55. The number of aromatic nitrogens is 2. The fourth-order valence-electron chi connectivity index (χ4n) is 3.27. The zero-order valence-electron chi connectivity index (χ0n) is 13.5. The number of amides is 1. The highest BCUT2D eigenvalue weighted by Crippen LogP contribution is 2.31. The zero-order chi connectivity index (χ0) is 16.4. The molecule has 1 amide bonds. The maximum Gasteiger partial charge on any atom is 0.274 e. The lowest BCUT2D eigenvalue weighted by Crippen LogP contribution is -2.41. The second-order valence-corrected chi connectivity index (χ2v) is 6.05. The van der Waals surface area contributed by atoms with E-state index in [2.05, 4.69) is 33.1 Å². The number of hydrogen-bond acceptors (Lipinski definition) is 5. The van der Waals surface area contributed by atoms with Gasteiger partial charge in [0, 0.05) is 25.3 Å². The van der Waals surface area contributed by atoms with Crippen LogP contribution in [-0.2, 0) is 11.2 Å². The Labute approximate surface area is 141 Å². The molecule has 0 aliphatic carbocycles. The van der Waals surface area contributed by atoms with Gasteiger partial charge in [0.15, 0.2) is 5.82 Å². The first-order valence-electron chi connectivity index (χ1n) is 8.37. The molecule has 0 radical (unpaired) electrons. The molecule has 0 saturated carbocycles. The van der Waals surface area contributed by atoms with Crippen LogP contribution >= 0.6 is 0 Å². The first-order valence-corrected chi connectivity index (χ1v) is 8.37. The highest BCUT2D eigenvalue weighted by molar-refractivity contribution is 5.92. The van der Waals surface area contributed by atoms with Gasteiger partial charge < -0.3 is 14.5 Å². The lowest BCUT2D eigenvalue weighted by atomic mass is 10.0. The second-order valence-electron chi connectivity index (χ2n) is 6.05. The van der Waals surface area contributed by atoms with Gasteiger partial charge >= 0.3 is 0 Å². The summed E-state index contributed by atoms with van der Waals surface area (Å²) < 4.78 is 5.28. The van der Waals surface area contributed by atoms with Crippen molar-refractivity contribution in [1.82, 2.24) is 14.9 Å². The predicted molar refractivity (Wildman–Crippen MR) is 90.5 cm³/mol. The number of carbonyl (C=O) groups is 1. The van der Waals surface area contributed by atoms with E-state index in [-0.39, 0.29) is 5.91 Å². The number of aryl methyl sites for hydroxylation is 1. The van der Waals surface area contributed by atoms with Crippen LogP contribution < -0.4 is 4.90 Å². The van der Waals surface area contributed by atoms with E-state index >= 15 is 0 Å². The van der Waals surface area contributed by atoms with Crippen LogP contribution in [0.1, 0.15) is 22.5 Å². The molecular weight excluding hydrogens is 304 g/mol. The SMILES string of the molecule is O=C(c1cnc(N2CCCc3ccccc32)cn1)N1CCOCC1. The Morgan fingerprint density at radius 1 is 1.04 bits per heavy atom. The average molecular weight is 324 g/mol. The number of nitrogens with zero attached hydrogens (tertiary/aromatic N) is 4. The highest BCUT2D eigenvalue weighted by Gasteiger charge is 2.22. The molecule has 6 nitrogen and oxygen atoms in total. The monoisotopic (exact) mass is 324 g/mol. The first kappa shape index (κ1) is 15.1. The van der Waals surface area contributed by atoms with Crippen LogP contribution in [0.4, 0.5) is 11.5 Å². The topological polar surface area (TPSA) is 58.6 Å². The van der Waals surface area contributed by atoms with E-state index < -0.39 is 0 Å². The molecular formula is C18H20N4O2. The highest BCUT2D eigenvalue weighted by atomic mass is 16.5. The van der Waals surface area contributed by atoms with E-state index in [9.17, 15) is 4.79 Å². The van der Waals surface area contributed by atoms with Crippen LogP contribution in [0, 0.1) is 0 Å². The van der Waals surface area contributed by atoms with Gasteiger partial charge in [-0.05, 0) is 24.5 Å². The Morgan fingerprint density at radius 2 is 1.88 bits per heavy atom. The summed E-state index contributed by atoms with van der Waals surface area (Å²) in [6, 6.07) is 8.38. The lowest BCUT2D eigenvalue weighted by molar-refractivity contribution is 0.0298. The summed E-state index contributed by atoms with van der Waals surface area (Å²) in [5, 5.41) is 0. The third kappa shape index (κ3) is 2.85. The van der Waals surface area contributed by atoms with Crippen LogP contribution in [0.15, 0.2) is 36.7 Å². The number of hydrogen-bond donors (Lipinski definition) is 0. The van der Waals surface area contributed by atoms with Crippen molar-refractivity contribution >= 4 is 17.4 Å². The molecule has 24 heavy (non-hydrogen) atoms. The summed E-state index contributed by atoms with van der Waals surface area (Å²) in [5.41, 5.74) is 2.91. The summed E-state index contributed by atoms with van der Waals surface area (Å²) in [6.07, 6.45) is 5.47. The number of para-hydroxylation sites is 1. The lowest BCUT2D eigenvalue weighted by Gasteiger charge is -2.30. The van der Waals surface area contributed by atoms with Gasteiger partial charge in [-0.1, -0.05) is 18.2 Å². The molecule has 0 N–H and O–H groups in total. The van der Waals surface area contributed by atoms with E-state index in [4.69, 9.17) is 4.74 Å². The molecule has 1 aromatic heterocycles. The molecule has 2 aliphatic heterocycles. The fraction of sp³-hybridized carbons (Fsp3) is 0.389. The molecule has 2 aromatic rings. The van der Waals surface area contributed by atoms with Crippen molar-refractivity contribution in [2.75, 3.05) is 37.7 Å². The maximum absolute atomic E-state index is 12.4. The van der Waals surface area contributed by atoms with E-state index in [0.29, 0.717) is 32.0 Å². The van der Waals surface area contributed by atoms with Crippen LogP contribution in [0.2, 0.25) is 0 Å². The molecule has 0 unspecified atom stereocenters. The molecule has 0 spiro atoms. The van der Waals surface area contributed by atoms with Gasteiger partial charge in [0.2, 0.25) is 0 Å². The molecule has 6 heteroatoms. The molecule has 3 heterocycles. The smallest absolute Gasteiger partial charge is 0.274 e. The van der Waals surface area contributed by atoms with Crippen LogP contribution in [0.25, 0.3) is 0 Å². The number of carbonyl (C=O) groups excluding carboxylic acids is 1. The van der Waals surface area contributed by atoms with Crippen molar-refractivity contribution in [3.8, 4) is 0 Å². The van der Waals surface area contributed by atoms with Crippen molar-refractivity contribution in [3.05, 3.63) is 47.9 Å². The molecule has 124 valence electrons. The van der Waals surface area contributed by atoms with E-state index in [1.165, 1.54) is 11.3 Å². The summed E-state index contributed by atoms with van der Waals surface area (Å²) >= 11 is 0. The Hall–Kier alpha value is -2.47. The minimum absolute atomic E-state index is 0.0728. The second kappa shape index (κ2) is 6.57. The molecule has 1 aromatic carbocycles. The normalized spacial score (nSPS) is 17.5. The van der Waals surface area contributed by atoms with Gasteiger partial charge in [0.05, 0.1) is 25.6 Å². The van der Waals surface area contributed by atoms with Gasteiger partial charge in [-0.15, -0.1) is 0 Å². The number of morpholine rings is 1. The third-order valence-electron chi connectivity index (χ3n) is 4.54. The zero-order valence-corrected chi connectivity index (χ0v) is 13.5. The van der Waals surface area contributed by atoms with Gasteiger partial charge in [-0.3, -0.25) is 4.79 Å². The van der Waals surface area contributed by atoms with E-state index in [1.807, 2.05) is 6.07 Å². The van der Waals surface area contributed by atoms with Crippen molar-refractivity contribution in [1.29, 1.82) is 0 Å². The maximum atomic E-state index is 12.4. The summed E-state index contributed by atoms with van der Waals surface area (Å²) in [5.74, 6) is 0.720. The molecule has 0 atom stereocenters. The van der Waals surface area contributed by atoms with Gasteiger partial charge in [-0.2, -0.15) is 0 Å². The molecule has 4 rings (SSSR count). The van der Waals surface area contributed by atoms with Gasteiger partial charge in [-0.25, -0.2) is 9.97 Å². The summed E-state index contributed by atoms with van der Waals surface area (Å²) in [7, 11) is 0. The predicted octanol–water partition coefficient (Wildman–Crippen LogP) is 2.03. The number of rotatable bonds is 2. The van der Waals surface area contributed by atoms with Crippen molar-refractivity contribution in [2.24, 2.45) is 0 Å². The Morgan fingerprint density at radius 3 is 2.67 bits per heavy atom. The minimum Gasteiger partial charge on any atom is -0.378 e. The van der Waals surface area contributed by atoms with Gasteiger partial charge in [0.1, 0.15) is 5.69 Å². The third-order valence-corrected chi connectivity index (χ3v) is 4.54. The number of fused-ring (bicyclic) bond motifs is 1. The van der Waals surface area contributed by atoms with Gasteiger partial charge in [0.25, 0.3) is 5.91 Å². The summed E-state index contributed by atoms with van der Waals surface area (Å²) in [6.45, 7) is 3.32. The fourth-order valence-corrected chi connectivity index (χ4v) is 3.27. The van der Waals surface area contributed by atoms with Crippen LogP contribution in [0.3, 0.4) is 0 Å². The van der Waals surface area contributed by atoms with E-state index in [1.54, 1.807) is 17.3 Å². The number of benzene rings is 1. The van der Waals surface area contributed by atoms with Crippen molar-refractivity contribution in [2.45, 2.75) is 12.8 Å². The number of ether oxygens (including phenoxy) is 1. The Kier molecular flexibility index (Phi) is 4.13. The quantitative estimate of drug-likeness (QED) is 0.846. The first-order chi connectivity index (χ1) is 11.8. The van der Waals surface area contributed by atoms with Crippen molar-refractivity contribution in [3.63, 3.8) is 0 Å². The van der Waals surface area contributed by atoms with Crippen LogP contribution in [-0.4, -0.2) is 53.6 Å². The largest absolute Gasteiger partial charge is 0.378 e. The summed E-state index contributed by atoms with van der Waals surface area (Å²) in [4.78, 5) is 25.3. The molecule has 0 bridgehead atoms. The molecule has 1 saturated heterocycles. The standard InChI is InChI=1S/C18H20N4O2/c23-18(21-8-10-24-11-9-21)15-12-20-17(13-19-15)22-7-3-5-14-4-1-2-6-16(14)22/h1-2,4,6,12-13H,3,5,7-11H2. The van der Waals surface area contributed by atoms with Crippen molar-refractivity contribution < 1.29 is 9.53 Å². The van der Waals surface area contributed by atoms with E-state index in [0.717, 1.165) is 25.2 Å². The molecule has 1 fully saturated rings. The average Bonchev–Trinajstić information content (AvgIpc) is 2.68. The minimum atomic E-state index is -0.0728. The van der Waals surface area contributed by atoms with Crippen LogP contribution in [0.5, 0.6) is 0 Å². The number of anilines is 2. The Bertz CT molecular complexity index is 726.